The standard InChI is InChI=1S/C57H78N4O9Si/c1-40(58-53(65)66-11)50(62)60-57(54(2,3)4,55(5,6)7)52(64)61-39-43-37-44(30-29-42(43)38-49(61)51(63)59-48-28-20-22-41-21-18-19-27-47(41)48)69-35-33-67-31-32-68-34-36-70-71(56(8,9)10,45-23-14-12-15-24-45)46-25-16-13-17-26-46/h12-19,21,23-27,29-30,37,40,48-49H,20,22,28,31-36,38-39H2,1-11H3,(H,58,65)(H,59,63)(H,60,62)/t40-,48+,49-/m0/s1. The van der Waals surface area contributed by atoms with E-state index in [1.165, 1.54) is 30.0 Å². The third-order valence-electron chi connectivity index (χ3n) is 14.2. The monoisotopic (exact) mass is 991 g/mol. The van der Waals surface area contributed by atoms with Gasteiger partial charge in [0.15, 0.2) is 0 Å². The molecule has 4 aromatic carbocycles. The second-order valence-electron chi connectivity index (χ2n) is 21.9. The summed E-state index contributed by atoms with van der Waals surface area (Å²) < 4.78 is 29.8. The average molecular weight is 991 g/mol. The molecular formula is C57H78N4O9Si. The van der Waals surface area contributed by atoms with Gasteiger partial charge in [-0.15, -0.1) is 0 Å². The summed E-state index contributed by atoms with van der Waals surface area (Å²) in [4.78, 5) is 58.4. The van der Waals surface area contributed by atoms with E-state index in [-0.39, 0.29) is 36.6 Å². The van der Waals surface area contributed by atoms with Gasteiger partial charge >= 0.3 is 6.09 Å². The number of hydrogen-bond donors (Lipinski definition) is 3. The lowest BCUT2D eigenvalue weighted by molar-refractivity contribution is -0.161. The minimum Gasteiger partial charge on any atom is -0.491 e. The first-order valence-corrected chi connectivity index (χ1v) is 27.1. The van der Waals surface area contributed by atoms with Crippen LogP contribution in [0.15, 0.2) is 103 Å². The molecule has 0 radical (unpaired) electrons. The Morgan fingerprint density at radius 1 is 0.704 bits per heavy atom. The summed E-state index contributed by atoms with van der Waals surface area (Å²) in [6.07, 6.45) is 2.14. The van der Waals surface area contributed by atoms with Crippen LogP contribution in [-0.2, 0) is 52.4 Å². The largest absolute Gasteiger partial charge is 0.491 e. The number of fused-ring (bicyclic) bond motifs is 2. The summed E-state index contributed by atoms with van der Waals surface area (Å²) in [5, 5.41) is 11.3. The van der Waals surface area contributed by atoms with Crippen LogP contribution in [0.1, 0.15) is 110 Å². The zero-order chi connectivity index (χ0) is 51.6. The van der Waals surface area contributed by atoms with E-state index in [1.807, 2.05) is 84.0 Å². The maximum Gasteiger partial charge on any atom is 0.407 e. The van der Waals surface area contributed by atoms with E-state index in [0.29, 0.717) is 38.8 Å². The number of benzene rings is 4. The number of ether oxygens (including phenoxy) is 4. The van der Waals surface area contributed by atoms with Gasteiger partial charge in [0.1, 0.15) is 30.0 Å². The number of hydrogen-bond acceptors (Lipinski definition) is 9. The molecule has 0 saturated heterocycles. The fraction of sp³-hybridized carbons (Fsp3) is 0.509. The Balaban J connectivity index is 1.13. The molecule has 4 aromatic rings. The van der Waals surface area contributed by atoms with Crippen molar-refractivity contribution in [1.82, 2.24) is 20.9 Å². The number of nitrogens with zero attached hydrogens (tertiary/aromatic N) is 1. The molecule has 0 unspecified atom stereocenters. The zero-order valence-electron chi connectivity index (χ0n) is 43.9. The highest BCUT2D eigenvalue weighted by atomic mass is 28.4. The topological polar surface area (TPSA) is 154 Å². The number of rotatable bonds is 19. The minimum atomic E-state index is -2.65. The van der Waals surface area contributed by atoms with Gasteiger partial charge in [-0.3, -0.25) is 14.4 Å². The lowest BCUT2D eigenvalue weighted by Crippen LogP contribution is -2.75. The van der Waals surface area contributed by atoms with Gasteiger partial charge in [-0.1, -0.05) is 153 Å². The third kappa shape index (κ3) is 12.4. The highest BCUT2D eigenvalue weighted by Crippen LogP contribution is 2.47. The molecule has 13 nitrogen and oxygen atoms in total. The molecule has 4 amide bonds. The summed E-state index contributed by atoms with van der Waals surface area (Å²) in [7, 11) is -1.43. The third-order valence-corrected chi connectivity index (χ3v) is 19.2. The minimum absolute atomic E-state index is 0.0953. The number of amides is 4. The average Bonchev–Trinajstić information content (AvgIpc) is 3.33. The van der Waals surface area contributed by atoms with Crippen LogP contribution in [0, 0.1) is 10.8 Å². The van der Waals surface area contributed by atoms with Crippen molar-refractivity contribution in [3.8, 4) is 5.75 Å². The smallest absolute Gasteiger partial charge is 0.407 e. The first-order valence-electron chi connectivity index (χ1n) is 25.2. The molecular weight excluding hydrogens is 913 g/mol. The van der Waals surface area contributed by atoms with Gasteiger partial charge in [-0.25, -0.2) is 4.79 Å². The van der Waals surface area contributed by atoms with Gasteiger partial charge in [-0.05, 0) is 86.8 Å². The molecule has 71 heavy (non-hydrogen) atoms. The first-order chi connectivity index (χ1) is 33.6. The lowest BCUT2D eigenvalue weighted by atomic mass is 9.58. The highest BCUT2D eigenvalue weighted by molar-refractivity contribution is 6.99. The normalized spacial score (nSPS) is 16.7. The molecule has 6 rings (SSSR count). The van der Waals surface area contributed by atoms with Crippen LogP contribution in [0.2, 0.25) is 5.04 Å². The van der Waals surface area contributed by atoms with Crippen molar-refractivity contribution in [2.75, 3.05) is 46.8 Å². The first kappa shape index (κ1) is 54.8. The van der Waals surface area contributed by atoms with E-state index < -0.39 is 54.7 Å². The van der Waals surface area contributed by atoms with Crippen LogP contribution >= 0.6 is 0 Å². The predicted molar refractivity (Wildman–Crippen MR) is 280 cm³/mol. The molecule has 0 fully saturated rings. The van der Waals surface area contributed by atoms with E-state index in [9.17, 15) is 14.4 Å². The molecule has 14 heteroatoms. The van der Waals surface area contributed by atoms with Crippen LogP contribution in [0.25, 0.3) is 0 Å². The molecule has 1 heterocycles. The van der Waals surface area contributed by atoms with Crippen molar-refractivity contribution in [3.63, 3.8) is 0 Å². The van der Waals surface area contributed by atoms with Crippen molar-refractivity contribution in [1.29, 1.82) is 0 Å². The summed E-state index contributed by atoms with van der Waals surface area (Å²) >= 11 is 0. The molecule has 1 aliphatic heterocycles. The Kier molecular flexibility index (Phi) is 18.0. The lowest BCUT2D eigenvalue weighted by Gasteiger charge is -2.55. The SMILES string of the molecule is COC(=O)N[C@@H](C)C(=O)NC(C(=O)N1Cc2cc(OCCOCCOCCO[Si](c3ccccc3)(c3ccccc3)C(C)(C)C)ccc2C[C@H]1C(=O)N[C@@H]1CCCc2ccccc21)(C(C)(C)C)C(C)(C)C. The molecule has 3 N–H and O–H groups in total. The number of aryl methyl sites for hydroxylation is 1. The molecule has 1 aliphatic carbocycles. The molecule has 0 aromatic heterocycles. The summed E-state index contributed by atoms with van der Waals surface area (Å²) in [6.45, 7) is 22.2. The van der Waals surface area contributed by atoms with Gasteiger partial charge in [0.25, 0.3) is 8.32 Å². The number of carbonyl (C=O) groups excluding carboxylic acids is 4. The molecule has 2 aliphatic rings. The van der Waals surface area contributed by atoms with E-state index in [2.05, 4.69) is 97.4 Å². The van der Waals surface area contributed by atoms with E-state index >= 15 is 4.79 Å². The van der Waals surface area contributed by atoms with Gasteiger partial charge in [-0.2, -0.15) is 0 Å². The summed E-state index contributed by atoms with van der Waals surface area (Å²) in [5.41, 5.74) is 0.761. The Bertz CT molecular complexity index is 2380. The van der Waals surface area contributed by atoms with Crippen molar-refractivity contribution >= 4 is 42.5 Å². The van der Waals surface area contributed by atoms with Crippen molar-refractivity contribution in [2.24, 2.45) is 10.8 Å². The van der Waals surface area contributed by atoms with Crippen molar-refractivity contribution in [3.05, 3.63) is 125 Å². The van der Waals surface area contributed by atoms with E-state index in [1.54, 1.807) is 4.90 Å². The van der Waals surface area contributed by atoms with Crippen LogP contribution < -0.4 is 31.1 Å². The molecule has 0 bridgehead atoms. The molecule has 384 valence electrons. The van der Waals surface area contributed by atoms with Gasteiger partial charge in [0.2, 0.25) is 17.7 Å². The van der Waals surface area contributed by atoms with Crippen molar-refractivity contribution < 1.29 is 42.6 Å². The fourth-order valence-electron chi connectivity index (χ4n) is 10.8. The fourth-order valence-corrected chi connectivity index (χ4v) is 15.4. The number of alkyl carbamates (subject to hydrolysis) is 1. The van der Waals surface area contributed by atoms with Gasteiger partial charge in [0, 0.05) is 13.0 Å². The van der Waals surface area contributed by atoms with E-state index in [4.69, 9.17) is 23.4 Å². The molecule has 3 atom stereocenters. The van der Waals surface area contributed by atoms with E-state index in [0.717, 1.165) is 36.0 Å². The number of nitrogens with one attached hydrogen (secondary N) is 3. The van der Waals surface area contributed by atoms with Gasteiger partial charge < -0.3 is 44.2 Å². The Labute approximate surface area is 423 Å². The second-order valence-corrected chi connectivity index (χ2v) is 26.2. The number of carbonyl (C=O) groups is 4. The Hall–Kier alpha value is -5.54. The predicted octanol–water partition coefficient (Wildman–Crippen LogP) is 7.81. The second kappa shape index (κ2) is 23.3. The quantitative estimate of drug-likeness (QED) is 0.0631. The Morgan fingerprint density at radius 2 is 1.28 bits per heavy atom. The highest BCUT2D eigenvalue weighted by Gasteiger charge is 2.60. The zero-order valence-corrected chi connectivity index (χ0v) is 44.9. The van der Waals surface area contributed by atoms with Crippen LogP contribution in [-0.4, -0.2) is 101 Å². The summed E-state index contributed by atoms with van der Waals surface area (Å²) in [6, 6.07) is 33.0. The summed E-state index contributed by atoms with van der Waals surface area (Å²) in [5.74, 6) is -0.618. The molecule has 0 spiro atoms. The van der Waals surface area contributed by atoms with Crippen LogP contribution in [0.3, 0.4) is 0 Å². The Morgan fingerprint density at radius 3 is 1.87 bits per heavy atom. The van der Waals surface area contributed by atoms with Crippen LogP contribution in [0.4, 0.5) is 4.79 Å². The number of methoxy groups -OCH3 is 1. The van der Waals surface area contributed by atoms with Crippen LogP contribution in [0.5, 0.6) is 5.75 Å². The maximum absolute atomic E-state index is 15.8. The van der Waals surface area contributed by atoms with Gasteiger partial charge in [0.05, 0.1) is 46.2 Å². The van der Waals surface area contributed by atoms with Crippen molar-refractivity contribution in [2.45, 2.75) is 130 Å². The molecule has 0 saturated carbocycles. The maximum atomic E-state index is 15.8.